The summed E-state index contributed by atoms with van der Waals surface area (Å²) in [6, 6.07) is 69.7. The van der Waals surface area contributed by atoms with Crippen molar-refractivity contribution in [2.45, 2.75) is 19.3 Å². The summed E-state index contributed by atoms with van der Waals surface area (Å²) in [6.07, 6.45) is 0. The topological polar surface area (TPSA) is 54.4 Å². The van der Waals surface area contributed by atoms with Crippen LogP contribution in [-0.4, -0.2) is 15.0 Å². The fourth-order valence-electron chi connectivity index (χ4n) is 8.65. The number of fused-ring (bicyclic) bond motifs is 4. The van der Waals surface area contributed by atoms with Gasteiger partial charge in [0.1, 0.15) is 0 Å². The highest BCUT2D eigenvalue weighted by molar-refractivity contribution is 5.90. The minimum absolute atomic E-state index is 0.265. The molecule has 286 valence electrons. The maximum absolute atomic E-state index is 6.60. The maximum atomic E-state index is 6.60. The summed E-state index contributed by atoms with van der Waals surface area (Å²) in [5, 5.41) is 0. The van der Waals surface area contributed by atoms with E-state index < -0.39 is 0 Å². The van der Waals surface area contributed by atoms with E-state index in [0.29, 0.717) is 17.5 Å². The summed E-state index contributed by atoms with van der Waals surface area (Å²) in [6.45, 7) is 4.66. The highest BCUT2D eigenvalue weighted by Gasteiger charge is 2.37. The van der Waals surface area contributed by atoms with E-state index >= 15 is 0 Å². The number of rotatable bonds is 6. The number of anilines is 6. The Hall–Kier alpha value is -7.83. The summed E-state index contributed by atoms with van der Waals surface area (Å²) in [4.78, 5) is 19.5. The minimum atomic E-state index is -0.265. The van der Waals surface area contributed by atoms with E-state index in [2.05, 4.69) is 145 Å². The molecular formula is C54H39N5O. The summed E-state index contributed by atoms with van der Waals surface area (Å²) >= 11 is 0. The SMILES string of the molecule is CC1(C)c2ccccc2N(c2ccc(-c3nc(-c4ccccc4)nc(-c4ccccc4)n3)cc2)c2ccc(-c3ccc4c(c3)Oc3ccccc3N4c3ccccc3)cc21. The van der Waals surface area contributed by atoms with Gasteiger partial charge in [-0.15, -0.1) is 0 Å². The van der Waals surface area contributed by atoms with E-state index in [4.69, 9.17) is 19.7 Å². The molecule has 0 unspecified atom stereocenters. The predicted octanol–water partition coefficient (Wildman–Crippen LogP) is 14.2. The first-order valence-electron chi connectivity index (χ1n) is 20.3. The molecule has 0 fully saturated rings. The standard InChI is InChI=1S/C54H39N5O/c1-54(2)43-22-12-13-23-45(43)58(42-30-26-38(27-31-42)53-56-51(36-16-6-3-7-17-36)55-52(57-53)37-18-8-4-9-19-37)46-32-28-39(34-44(46)54)40-29-33-48-50(35-40)60-49-25-15-14-24-47(49)59(48)41-20-10-5-11-21-41/h3-35H,1-2H3. The van der Waals surface area contributed by atoms with Crippen molar-refractivity contribution in [2.24, 2.45) is 0 Å². The Morgan fingerprint density at radius 3 is 1.43 bits per heavy atom. The van der Waals surface area contributed by atoms with Gasteiger partial charge >= 0.3 is 0 Å². The Kier molecular flexibility index (Phi) is 8.38. The lowest BCUT2D eigenvalue weighted by Crippen LogP contribution is -2.30. The van der Waals surface area contributed by atoms with Gasteiger partial charge < -0.3 is 14.5 Å². The lowest BCUT2D eigenvalue weighted by atomic mass is 9.73. The molecule has 0 N–H and O–H groups in total. The van der Waals surface area contributed by atoms with E-state index in [1.165, 1.54) is 11.1 Å². The quantitative estimate of drug-likeness (QED) is 0.168. The van der Waals surface area contributed by atoms with Crippen molar-refractivity contribution in [3.05, 3.63) is 211 Å². The monoisotopic (exact) mass is 773 g/mol. The first kappa shape index (κ1) is 35.3. The van der Waals surface area contributed by atoms with Crippen molar-refractivity contribution in [3.8, 4) is 56.8 Å². The second-order valence-electron chi connectivity index (χ2n) is 15.7. The van der Waals surface area contributed by atoms with Gasteiger partial charge in [-0.05, 0) is 101 Å². The first-order valence-corrected chi connectivity index (χ1v) is 20.3. The lowest BCUT2D eigenvalue weighted by molar-refractivity contribution is 0.477. The number of benzene rings is 8. The van der Waals surface area contributed by atoms with Gasteiger partial charge in [0.15, 0.2) is 29.0 Å². The fraction of sp³-hybridized carbons (Fsp3) is 0.0556. The molecule has 2 aliphatic heterocycles. The number of hydrogen-bond donors (Lipinski definition) is 0. The van der Waals surface area contributed by atoms with Crippen LogP contribution < -0.4 is 14.5 Å². The smallest absolute Gasteiger partial charge is 0.164 e. The second-order valence-corrected chi connectivity index (χ2v) is 15.7. The van der Waals surface area contributed by atoms with Crippen molar-refractivity contribution in [1.82, 2.24) is 15.0 Å². The molecule has 2 aliphatic rings. The molecule has 11 rings (SSSR count). The van der Waals surface area contributed by atoms with Crippen LogP contribution >= 0.6 is 0 Å². The predicted molar refractivity (Wildman–Crippen MR) is 243 cm³/mol. The molecule has 0 saturated heterocycles. The van der Waals surface area contributed by atoms with E-state index in [1.807, 2.05) is 78.9 Å². The van der Waals surface area contributed by atoms with Crippen molar-refractivity contribution in [1.29, 1.82) is 0 Å². The van der Waals surface area contributed by atoms with Crippen LogP contribution in [0.25, 0.3) is 45.3 Å². The highest BCUT2D eigenvalue weighted by atomic mass is 16.5. The van der Waals surface area contributed by atoms with E-state index in [9.17, 15) is 0 Å². The van der Waals surface area contributed by atoms with Crippen LogP contribution in [0, 0.1) is 0 Å². The van der Waals surface area contributed by atoms with Crippen molar-refractivity contribution in [3.63, 3.8) is 0 Å². The van der Waals surface area contributed by atoms with Gasteiger partial charge in [0, 0.05) is 33.5 Å². The van der Waals surface area contributed by atoms with Gasteiger partial charge in [-0.25, -0.2) is 15.0 Å². The summed E-state index contributed by atoms with van der Waals surface area (Å²) < 4.78 is 6.60. The Balaban J connectivity index is 0.983. The van der Waals surface area contributed by atoms with Crippen LogP contribution in [-0.2, 0) is 5.41 Å². The average molecular weight is 774 g/mol. The number of hydrogen-bond acceptors (Lipinski definition) is 6. The molecule has 60 heavy (non-hydrogen) atoms. The Morgan fingerprint density at radius 2 is 0.783 bits per heavy atom. The van der Waals surface area contributed by atoms with Gasteiger partial charge in [0.2, 0.25) is 0 Å². The van der Waals surface area contributed by atoms with Gasteiger partial charge in [-0.1, -0.05) is 135 Å². The molecule has 0 spiro atoms. The van der Waals surface area contributed by atoms with E-state index in [-0.39, 0.29) is 5.41 Å². The molecule has 6 heteroatoms. The largest absolute Gasteiger partial charge is 0.453 e. The Morgan fingerprint density at radius 1 is 0.350 bits per heavy atom. The maximum Gasteiger partial charge on any atom is 0.164 e. The van der Waals surface area contributed by atoms with Crippen LogP contribution in [0.15, 0.2) is 200 Å². The molecule has 0 atom stereocenters. The van der Waals surface area contributed by atoms with E-state index in [0.717, 1.165) is 73.4 Å². The zero-order valence-electron chi connectivity index (χ0n) is 33.2. The first-order chi connectivity index (χ1) is 29.5. The van der Waals surface area contributed by atoms with Gasteiger partial charge in [-0.3, -0.25) is 0 Å². The van der Waals surface area contributed by atoms with Gasteiger partial charge in [-0.2, -0.15) is 0 Å². The third-order valence-corrected chi connectivity index (χ3v) is 11.7. The summed E-state index contributed by atoms with van der Waals surface area (Å²) in [7, 11) is 0. The normalized spacial score (nSPS) is 13.4. The van der Waals surface area contributed by atoms with Crippen LogP contribution in [0.4, 0.5) is 34.1 Å². The Labute approximate surface area is 349 Å². The van der Waals surface area contributed by atoms with Gasteiger partial charge in [0.25, 0.3) is 0 Å². The van der Waals surface area contributed by atoms with Crippen LogP contribution in [0.2, 0.25) is 0 Å². The zero-order chi connectivity index (χ0) is 40.2. The van der Waals surface area contributed by atoms with Crippen molar-refractivity contribution in [2.75, 3.05) is 9.80 Å². The van der Waals surface area contributed by atoms with Crippen molar-refractivity contribution < 1.29 is 4.74 Å². The van der Waals surface area contributed by atoms with Gasteiger partial charge in [0.05, 0.1) is 22.7 Å². The number of para-hydroxylation sites is 4. The number of nitrogens with zero attached hydrogens (tertiary/aromatic N) is 5. The van der Waals surface area contributed by atoms with E-state index in [1.54, 1.807) is 0 Å². The molecule has 6 nitrogen and oxygen atoms in total. The molecule has 1 aromatic heterocycles. The summed E-state index contributed by atoms with van der Waals surface area (Å²) in [5.74, 6) is 3.57. The third kappa shape index (κ3) is 6.00. The lowest BCUT2D eigenvalue weighted by Gasteiger charge is -2.42. The molecule has 0 bridgehead atoms. The number of aromatic nitrogens is 3. The van der Waals surface area contributed by atoms with Crippen molar-refractivity contribution >= 4 is 34.1 Å². The molecule has 8 aromatic carbocycles. The fourth-order valence-corrected chi connectivity index (χ4v) is 8.65. The van der Waals surface area contributed by atoms with Crippen LogP contribution in [0.5, 0.6) is 11.5 Å². The second kappa shape index (κ2) is 14.2. The molecule has 0 aliphatic carbocycles. The minimum Gasteiger partial charge on any atom is -0.453 e. The Bertz CT molecular complexity index is 2980. The van der Waals surface area contributed by atoms with Crippen LogP contribution in [0.1, 0.15) is 25.0 Å². The molecule has 3 heterocycles. The molecular weight excluding hydrogens is 735 g/mol. The highest BCUT2D eigenvalue weighted by Crippen LogP contribution is 2.54. The molecule has 0 radical (unpaired) electrons. The molecule has 0 saturated carbocycles. The third-order valence-electron chi connectivity index (χ3n) is 11.7. The molecule has 0 amide bonds. The van der Waals surface area contributed by atoms with Crippen LogP contribution in [0.3, 0.4) is 0 Å². The molecule has 9 aromatic rings. The average Bonchev–Trinajstić information content (AvgIpc) is 3.31. The summed E-state index contributed by atoms with van der Waals surface area (Å²) in [5.41, 5.74) is 13.8. The number of ether oxygens (including phenoxy) is 1. The zero-order valence-corrected chi connectivity index (χ0v) is 33.2.